The fraction of sp³-hybridized carbons (Fsp3) is 0.500. The Labute approximate surface area is 140 Å². The van der Waals surface area contributed by atoms with E-state index in [2.05, 4.69) is 34.1 Å². The standard InChI is InChI=1S/C16H22N6O2/c1-12(2)22-4-3-17-14(22)11-18-15(23)13-9-19-16(20-10-13)21-5-7-24-8-6-21/h3-4,9-10,12H,5-8,11H2,1-2H3,(H,18,23). The van der Waals surface area contributed by atoms with Crippen LogP contribution in [0.4, 0.5) is 5.95 Å². The van der Waals surface area contributed by atoms with Crippen LogP contribution in [0.15, 0.2) is 24.8 Å². The minimum absolute atomic E-state index is 0.207. The molecule has 24 heavy (non-hydrogen) atoms. The molecule has 8 nitrogen and oxygen atoms in total. The second kappa shape index (κ2) is 7.39. The van der Waals surface area contributed by atoms with E-state index in [1.165, 1.54) is 0 Å². The number of rotatable bonds is 5. The van der Waals surface area contributed by atoms with Crippen LogP contribution < -0.4 is 10.2 Å². The van der Waals surface area contributed by atoms with Crippen molar-refractivity contribution >= 4 is 11.9 Å². The molecule has 0 saturated carbocycles. The number of nitrogens with one attached hydrogen (secondary N) is 1. The first-order valence-electron chi connectivity index (χ1n) is 8.10. The van der Waals surface area contributed by atoms with Crippen molar-refractivity contribution in [3.05, 3.63) is 36.2 Å². The number of hydrogen-bond donors (Lipinski definition) is 1. The highest BCUT2D eigenvalue weighted by Gasteiger charge is 2.15. The number of aromatic nitrogens is 4. The summed E-state index contributed by atoms with van der Waals surface area (Å²) in [6.45, 7) is 7.40. The van der Waals surface area contributed by atoms with Crippen LogP contribution in [0.5, 0.6) is 0 Å². The van der Waals surface area contributed by atoms with Crippen molar-refractivity contribution in [1.82, 2.24) is 24.8 Å². The maximum absolute atomic E-state index is 12.2. The molecule has 3 rings (SSSR count). The monoisotopic (exact) mass is 330 g/mol. The van der Waals surface area contributed by atoms with Gasteiger partial charge in [-0.15, -0.1) is 0 Å². The van der Waals surface area contributed by atoms with Gasteiger partial charge in [0.2, 0.25) is 5.95 Å². The van der Waals surface area contributed by atoms with Crippen LogP contribution in [0.2, 0.25) is 0 Å². The first-order valence-corrected chi connectivity index (χ1v) is 8.10. The maximum Gasteiger partial charge on any atom is 0.254 e. The van der Waals surface area contributed by atoms with Crippen molar-refractivity contribution in [2.45, 2.75) is 26.4 Å². The highest BCUT2D eigenvalue weighted by atomic mass is 16.5. The second-order valence-corrected chi connectivity index (χ2v) is 5.90. The summed E-state index contributed by atoms with van der Waals surface area (Å²) in [5, 5.41) is 2.86. The fourth-order valence-electron chi connectivity index (χ4n) is 2.58. The van der Waals surface area contributed by atoms with Gasteiger partial charge in [-0.25, -0.2) is 15.0 Å². The van der Waals surface area contributed by atoms with Crippen molar-refractivity contribution in [3.63, 3.8) is 0 Å². The molecule has 1 fully saturated rings. The first kappa shape index (κ1) is 16.4. The molecule has 0 radical (unpaired) electrons. The van der Waals surface area contributed by atoms with E-state index in [0.717, 1.165) is 18.9 Å². The Morgan fingerprint density at radius 1 is 1.25 bits per heavy atom. The number of ether oxygens (including phenoxy) is 1. The van der Waals surface area contributed by atoms with Gasteiger partial charge in [-0.05, 0) is 13.8 Å². The summed E-state index contributed by atoms with van der Waals surface area (Å²) in [7, 11) is 0. The highest BCUT2D eigenvalue weighted by Crippen LogP contribution is 2.10. The Morgan fingerprint density at radius 3 is 2.62 bits per heavy atom. The lowest BCUT2D eigenvalue weighted by Gasteiger charge is -2.26. The van der Waals surface area contributed by atoms with Gasteiger partial charge in [-0.2, -0.15) is 0 Å². The highest BCUT2D eigenvalue weighted by molar-refractivity contribution is 5.93. The third-order valence-corrected chi connectivity index (χ3v) is 3.91. The van der Waals surface area contributed by atoms with E-state index in [9.17, 15) is 4.79 Å². The smallest absolute Gasteiger partial charge is 0.254 e. The van der Waals surface area contributed by atoms with E-state index < -0.39 is 0 Å². The van der Waals surface area contributed by atoms with Crippen LogP contribution in [0, 0.1) is 0 Å². The summed E-state index contributed by atoms with van der Waals surface area (Å²) < 4.78 is 7.33. The maximum atomic E-state index is 12.2. The molecular formula is C16H22N6O2. The summed E-state index contributed by atoms with van der Waals surface area (Å²) in [6.07, 6.45) is 6.76. The molecule has 0 bridgehead atoms. The average Bonchev–Trinajstić information content (AvgIpc) is 3.09. The number of amides is 1. The minimum Gasteiger partial charge on any atom is -0.378 e. The molecule has 2 aromatic heterocycles. The number of nitrogens with zero attached hydrogens (tertiary/aromatic N) is 5. The predicted molar refractivity (Wildman–Crippen MR) is 88.8 cm³/mol. The number of carbonyl (C=O) groups is 1. The second-order valence-electron chi connectivity index (χ2n) is 5.90. The summed E-state index contributed by atoms with van der Waals surface area (Å²) >= 11 is 0. The number of imidazole rings is 1. The molecule has 2 aromatic rings. The molecule has 128 valence electrons. The third-order valence-electron chi connectivity index (χ3n) is 3.91. The molecule has 1 saturated heterocycles. The van der Waals surface area contributed by atoms with Crippen molar-refractivity contribution in [1.29, 1.82) is 0 Å². The lowest BCUT2D eigenvalue weighted by atomic mass is 10.3. The van der Waals surface area contributed by atoms with E-state index in [0.29, 0.717) is 37.3 Å². The summed E-state index contributed by atoms with van der Waals surface area (Å²) in [5.41, 5.74) is 0.440. The lowest BCUT2D eigenvalue weighted by molar-refractivity contribution is 0.0948. The topological polar surface area (TPSA) is 85.2 Å². The Bertz CT molecular complexity index is 676. The quantitative estimate of drug-likeness (QED) is 0.881. The van der Waals surface area contributed by atoms with Gasteiger partial charge in [-0.3, -0.25) is 4.79 Å². The van der Waals surface area contributed by atoms with Gasteiger partial charge in [0.25, 0.3) is 5.91 Å². The van der Waals surface area contributed by atoms with Crippen LogP contribution in [0.3, 0.4) is 0 Å². The average molecular weight is 330 g/mol. The van der Waals surface area contributed by atoms with E-state index >= 15 is 0 Å². The number of hydrogen-bond acceptors (Lipinski definition) is 6. The summed E-state index contributed by atoms with van der Waals surface area (Å²) in [4.78, 5) is 27.2. The molecule has 8 heteroatoms. The molecule has 0 atom stereocenters. The van der Waals surface area contributed by atoms with Crippen LogP contribution in [0.25, 0.3) is 0 Å². The van der Waals surface area contributed by atoms with E-state index in [1.807, 2.05) is 15.7 Å². The zero-order chi connectivity index (χ0) is 16.9. The summed E-state index contributed by atoms with van der Waals surface area (Å²) in [6, 6.07) is 0.301. The van der Waals surface area contributed by atoms with Crippen molar-refractivity contribution in [2.75, 3.05) is 31.2 Å². The molecule has 0 spiro atoms. The van der Waals surface area contributed by atoms with Crippen molar-refractivity contribution in [3.8, 4) is 0 Å². The number of carbonyl (C=O) groups excluding carboxylic acids is 1. The van der Waals surface area contributed by atoms with Crippen LogP contribution in [-0.4, -0.2) is 51.7 Å². The molecule has 3 heterocycles. The zero-order valence-electron chi connectivity index (χ0n) is 14.0. The Balaban J connectivity index is 1.59. The molecule has 0 aromatic carbocycles. The van der Waals surface area contributed by atoms with Gasteiger partial charge in [0.1, 0.15) is 5.82 Å². The van der Waals surface area contributed by atoms with Crippen molar-refractivity contribution < 1.29 is 9.53 Å². The lowest BCUT2D eigenvalue weighted by Crippen LogP contribution is -2.37. The largest absolute Gasteiger partial charge is 0.378 e. The SMILES string of the molecule is CC(C)n1ccnc1CNC(=O)c1cnc(N2CCOCC2)nc1. The molecule has 0 aliphatic carbocycles. The van der Waals surface area contributed by atoms with E-state index in [1.54, 1.807) is 18.6 Å². The molecular weight excluding hydrogens is 308 g/mol. The molecule has 1 amide bonds. The first-order chi connectivity index (χ1) is 11.6. The van der Waals surface area contributed by atoms with Crippen molar-refractivity contribution in [2.24, 2.45) is 0 Å². The van der Waals surface area contributed by atoms with Crippen LogP contribution in [-0.2, 0) is 11.3 Å². The van der Waals surface area contributed by atoms with Gasteiger partial charge in [-0.1, -0.05) is 0 Å². The van der Waals surface area contributed by atoms with Gasteiger partial charge in [0.05, 0.1) is 25.3 Å². The number of anilines is 1. The third kappa shape index (κ3) is 3.70. The van der Waals surface area contributed by atoms with Gasteiger partial charge < -0.3 is 19.5 Å². The summed E-state index contributed by atoms with van der Waals surface area (Å²) in [5.74, 6) is 1.25. The Kier molecular flexibility index (Phi) is 5.05. The van der Waals surface area contributed by atoms with Gasteiger partial charge in [0.15, 0.2) is 0 Å². The zero-order valence-corrected chi connectivity index (χ0v) is 14.0. The van der Waals surface area contributed by atoms with Crippen LogP contribution >= 0.6 is 0 Å². The number of morpholine rings is 1. The molecule has 0 unspecified atom stereocenters. The Hall–Kier alpha value is -2.48. The van der Waals surface area contributed by atoms with Crippen LogP contribution in [0.1, 0.15) is 36.1 Å². The van der Waals surface area contributed by atoms with E-state index in [4.69, 9.17) is 4.74 Å². The van der Waals surface area contributed by atoms with Gasteiger partial charge >= 0.3 is 0 Å². The minimum atomic E-state index is -0.207. The molecule has 1 N–H and O–H groups in total. The molecule has 1 aliphatic heterocycles. The Morgan fingerprint density at radius 2 is 1.96 bits per heavy atom. The fourth-order valence-corrected chi connectivity index (χ4v) is 2.58. The van der Waals surface area contributed by atoms with Gasteiger partial charge in [0, 0.05) is 43.9 Å². The predicted octanol–water partition coefficient (Wildman–Crippen LogP) is 1.02. The normalized spacial score (nSPS) is 14.9. The van der Waals surface area contributed by atoms with E-state index in [-0.39, 0.29) is 5.91 Å². The molecule has 1 aliphatic rings.